The number of imidazole rings is 1. The average molecular weight is 281 g/mol. The zero-order valence-corrected chi connectivity index (χ0v) is 10.8. The second-order valence-corrected chi connectivity index (χ2v) is 4.44. The number of nitrogens with one attached hydrogen (secondary N) is 2. The Morgan fingerprint density at radius 1 is 1.05 bits per heavy atom. The van der Waals surface area contributed by atoms with Crippen LogP contribution < -0.4 is 5.32 Å². The van der Waals surface area contributed by atoms with E-state index in [0.717, 1.165) is 0 Å². The van der Waals surface area contributed by atoms with Crippen molar-refractivity contribution < 1.29 is 14.7 Å². The molecule has 1 amide bonds. The number of carbonyl (C=O) groups excluding carboxylic acids is 1. The minimum absolute atomic E-state index is 0.159. The summed E-state index contributed by atoms with van der Waals surface area (Å²) in [5.74, 6) is -1.02. The molecule has 21 heavy (non-hydrogen) atoms. The summed E-state index contributed by atoms with van der Waals surface area (Å²) in [7, 11) is 0. The Balaban J connectivity index is 1.88. The molecule has 0 aliphatic rings. The fraction of sp³-hybridized carbons (Fsp3) is 0. The van der Waals surface area contributed by atoms with Crippen molar-refractivity contribution in [1.82, 2.24) is 9.97 Å². The molecule has 3 rings (SSSR count). The van der Waals surface area contributed by atoms with Gasteiger partial charge in [0.15, 0.2) is 0 Å². The topological polar surface area (TPSA) is 95.1 Å². The van der Waals surface area contributed by atoms with Crippen LogP contribution in [0.3, 0.4) is 0 Å². The molecule has 0 saturated heterocycles. The van der Waals surface area contributed by atoms with Crippen molar-refractivity contribution in [2.45, 2.75) is 0 Å². The number of hydrogen-bond donors (Lipinski definition) is 3. The van der Waals surface area contributed by atoms with Crippen LogP contribution in [-0.4, -0.2) is 27.0 Å². The number of carboxylic acids is 1. The number of carbonyl (C=O) groups is 2. The lowest BCUT2D eigenvalue weighted by Gasteiger charge is -2.00. The van der Waals surface area contributed by atoms with Crippen LogP contribution in [0.25, 0.3) is 11.0 Å². The van der Waals surface area contributed by atoms with Crippen LogP contribution in [-0.2, 0) is 0 Å². The predicted molar refractivity (Wildman–Crippen MR) is 77.4 cm³/mol. The third-order valence-corrected chi connectivity index (χ3v) is 3.00. The number of aromatic amines is 1. The lowest BCUT2D eigenvalue weighted by molar-refractivity contribution is 0.0697. The monoisotopic (exact) mass is 281 g/mol. The molecule has 1 aromatic heterocycles. The van der Waals surface area contributed by atoms with Gasteiger partial charge in [-0.2, -0.15) is 0 Å². The van der Waals surface area contributed by atoms with Gasteiger partial charge in [-0.1, -0.05) is 18.2 Å². The molecular weight excluding hydrogens is 270 g/mol. The van der Waals surface area contributed by atoms with Crippen molar-refractivity contribution in [3.8, 4) is 0 Å². The summed E-state index contributed by atoms with van der Waals surface area (Å²) in [4.78, 5) is 30.0. The van der Waals surface area contributed by atoms with Gasteiger partial charge < -0.3 is 10.1 Å². The molecule has 1 heterocycles. The van der Waals surface area contributed by atoms with E-state index in [4.69, 9.17) is 5.11 Å². The van der Waals surface area contributed by atoms with Gasteiger partial charge >= 0.3 is 5.97 Å². The number of nitrogens with zero attached hydrogens (tertiary/aromatic N) is 1. The summed E-state index contributed by atoms with van der Waals surface area (Å²) in [6.07, 6.45) is 0. The summed E-state index contributed by atoms with van der Waals surface area (Å²) in [6.45, 7) is 0. The molecule has 0 unspecified atom stereocenters. The largest absolute Gasteiger partial charge is 0.478 e. The summed E-state index contributed by atoms with van der Waals surface area (Å²) < 4.78 is 0. The standard InChI is InChI=1S/C15H11N3O3/c19-13(9-4-2-1-3-5-9)18-15-16-11-7-6-10(14(20)21)8-12(11)17-15/h1-8H,(H,20,21)(H2,16,17,18,19). The fourth-order valence-corrected chi connectivity index (χ4v) is 1.97. The number of aromatic carboxylic acids is 1. The summed E-state index contributed by atoms with van der Waals surface area (Å²) in [5.41, 5.74) is 1.82. The maximum absolute atomic E-state index is 12.0. The Kier molecular flexibility index (Phi) is 3.12. The fourth-order valence-electron chi connectivity index (χ4n) is 1.97. The smallest absolute Gasteiger partial charge is 0.335 e. The molecule has 0 bridgehead atoms. The summed E-state index contributed by atoms with van der Waals surface area (Å²) >= 11 is 0. The van der Waals surface area contributed by atoms with Crippen molar-refractivity contribution in [3.63, 3.8) is 0 Å². The SMILES string of the molecule is O=C(O)c1ccc2nc(NC(=O)c3ccccc3)[nH]c2c1. The highest BCUT2D eigenvalue weighted by atomic mass is 16.4. The predicted octanol–water partition coefficient (Wildman–Crippen LogP) is 2.51. The van der Waals surface area contributed by atoms with Crippen LogP contribution in [0, 0.1) is 0 Å². The van der Waals surface area contributed by atoms with E-state index in [1.54, 1.807) is 30.3 Å². The van der Waals surface area contributed by atoms with E-state index in [9.17, 15) is 9.59 Å². The van der Waals surface area contributed by atoms with E-state index in [0.29, 0.717) is 16.6 Å². The van der Waals surface area contributed by atoms with Gasteiger partial charge in [-0.25, -0.2) is 9.78 Å². The molecule has 0 aliphatic carbocycles. The Bertz CT molecular complexity index is 825. The molecule has 0 spiro atoms. The van der Waals surface area contributed by atoms with E-state index in [1.807, 2.05) is 6.07 Å². The molecule has 6 heteroatoms. The van der Waals surface area contributed by atoms with Crippen molar-refractivity contribution in [2.24, 2.45) is 0 Å². The Labute approximate surface area is 119 Å². The third-order valence-electron chi connectivity index (χ3n) is 3.00. The van der Waals surface area contributed by atoms with Gasteiger partial charge in [0.2, 0.25) is 5.95 Å². The van der Waals surface area contributed by atoms with Gasteiger partial charge in [0.25, 0.3) is 5.91 Å². The highest BCUT2D eigenvalue weighted by molar-refractivity contribution is 6.04. The first-order chi connectivity index (χ1) is 10.1. The summed E-state index contributed by atoms with van der Waals surface area (Å²) in [5, 5.41) is 11.6. The number of aromatic nitrogens is 2. The van der Waals surface area contributed by atoms with E-state index in [2.05, 4.69) is 15.3 Å². The highest BCUT2D eigenvalue weighted by Gasteiger charge is 2.10. The quantitative estimate of drug-likeness (QED) is 0.687. The van der Waals surface area contributed by atoms with Gasteiger partial charge in [0.1, 0.15) is 0 Å². The van der Waals surface area contributed by atoms with Crippen molar-refractivity contribution in [3.05, 3.63) is 59.7 Å². The molecule has 0 radical (unpaired) electrons. The zero-order valence-electron chi connectivity index (χ0n) is 10.8. The Hall–Kier alpha value is -3.15. The molecular formula is C15H11N3O3. The lowest BCUT2D eigenvalue weighted by Crippen LogP contribution is -2.12. The summed E-state index contributed by atoms with van der Waals surface area (Å²) in [6, 6.07) is 13.3. The van der Waals surface area contributed by atoms with Gasteiger partial charge in [-0.15, -0.1) is 0 Å². The first kappa shape index (κ1) is 12.9. The normalized spacial score (nSPS) is 10.5. The number of fused-ring (bicyclic) bond motifs is 1. The van der Waals surface area contributed by atoms with Gasteiger partial charge in [-0.3, -0.25) is 10.1 Å². The number of carboxylic acid groups (broad SMARTS) is 1. The minimum atomic E-state index is -1.01. The molecule has 0 fully saturated rings. The van der Waals surface area contributed by atoms with Crippen molar-refractivity contribution in [2.75, 3.05) is 5.32 Å². The first-order valence-electron chi connectivity index (χ1n) is 6.23. The number of hydrogen-bond acceptors (Lipinski definition) is 3. The molecule has 6 nitrogen and oxygen atoms in total. The Morgan fingerprint density at radius 3 is 2.52 bits per heavy atom. The van der Waals surface area contributed by atoms with Crippen LogP contribution >= 0.6 is 0 Å². The maximum Gasteiger partial charge on any atom is 0.335 e. The zero-order chi connectivity index (χ0) is 14.8. The number of rotatable bonds is 3. The second kappa shape index (κ2) is 5.09. The molecule has 2 aromatic carbocycles. The van der Waals surface area contributed by atoms with Crippen molar-refractivity contribution >= 4 is 28.9 Å². The second-order valence-electron chi connectivity index (χ2n) is 4.44. The van der Waals surface area contributed by atoms with Crippen LogP contribution in [0.1, 0.15) is 20.7 Å². The lowest BCUT2D eigenvalue weighted by atomic mass is 10.2. The average Bonchev–Trinajstić information content (AvgIpc) is 2.89. The van der Waals surface area contributed by atoms with Crippen LogP contribution in [0.15, 0.2) is 48.5 Å². The molecule has 0 saturated carbocycles. The van der Waals surface area contributed by atoms with Crippen LogP contribution in [0.2, 0.25) is 0 Å². The molecule has 3 N–H and O–H groups in total. The van der Waals surface area contributed by atoms with Crippen LogP contribution in [0.4, 0.5) is 5.95 Å². The van der Waals surface area contributed by atoms with Gasteiger partial charge in [0.05, 0.1) is 16.6 Å². The minimum Gasteiger partial charge on any atom is -0.478 e. The maximum atomic E-state index is 12.0. The van der Waals surface area contributed by atoms with E-state index < -0.39 is 5.97 Å². The first-order valence-corrected chi connectivity index (χ1v) is 6.23. The molecule has 3 aromatic rings. The number of benzene rings is 2. The molecule has 0 atom stereocenters. The number of amides is 1. The van der Waals surface area contributed by atoms with E-state index in [-0.39, 0.29) is 17.4 Å². The Morgan fingerprint density at radius 2 is 1.81 bits per heavy atom. The third kappa shape index (κ3) is 2.59. The number of anilines is 1. The van der Waals surface area contributed by atoms with E-state index >= 15 is 0 Å². The van der Waals surface area contributed by atoms with Crippen LogP contribution in [0.5, 0.6) is 0 Å². The van der Waals surface area contributed by atoms with E-state index in [1.165, 1.54) is 12.1 Å². The highest BCUT2D eigenvalue weighted by Crippen LogP contribution is 2.16. The van der Waals surface area contributed by atoms with Crippen molar-refractivity contribution in [1.29, 1.82) is 0 Å². The van der Waals surface area contributed by atoms with Gasteiger partial charge in [0, 0.05) is 5.56 Å². The van der Waals surface area contributed by atoms with Gasteiger partial charge in [-0.05, 0) is 30.3 Å². The molecule has 0 aliphatic heterocycles. The number of H-pyrrole nitrogens is 1. The molecule has 104 valence electrons.